The van der Waals surface area contributed by atoms with Gasteiger partial charge in [-0.1, -0.05) is 19.4 Å². The maximum Gasteiger partial charge on any atom is 0.411 e. The maximum absolute atomic E-state index is 12.6. The van der Waals surface area contributed by atoms with Crippen LogP contribution in [0.5, 0.6) is 0 Å². The first-order valence-electron chi connectivity index (χ1n) is 8.99. The molecule has 0 saturated carbocycles. The lowest BCUT2D eigenvalue weighted by molar-refractivity contribution is -0.119. The molecule has 0 saturated heterocycles. The molecule has 1 aromatic heterocycles. The quantitative estimate of drug-likeness (QED) is 0.712. The summed E-state index contributed by atoms with van der Waals surface area (Å²) in [6.45, 7) is 1.90. The molecule has 142 valence electrons. The van der Waals surface area contributed by atoms with E-state index in [0.717, 1.165) is 36.1 Å². The largest absolute Gasteiger partial charge is 0.453 e. The summed E-state index contributed by atoms with van der Waals surface area (Å²) in [6, 6.07) is 9.00. The maximum atomic E-state index is 12.6. The number of aromatic nitrogens is 1. The van der Waals surface area contributed by atoms with Crippen molar-refractivity contribution in [1.29, 1.82) is 0 Å². The highest BCUT2D eigenvalue weighted by molar-refractivity contribution is 5.98. The fourth-order valence-electron chi connectivity index (χ4n) is 3.14. The minimum Gasteiger partial charge on any atom is -0.453 e. The van der Waals surface area contributed by atoms with Gasteiger partial charge in [-0.15, -0.1) is 0 Å². The monoisotopic (exact) mass is 368 g/mol. The van der Waals surface area contributed by atoms with Crippen molar-refractivity contribution in [2.75, 3.05) is 17.7 Å². The van der Waals surface area contributed by atoms with Crippen molar-refractivity contribution >= 4 is 23.4 Å². The lowest BCUT2D eigenvalue weighted by Crippen LogP contribution is -2.22. The summed E-state index contributed by atoms with van der Waals surface area (Å²) < 4.78 is 4.64. The molecule has 2 aromatic rings. The minimum absolute atomic E-state index is 0.0603. The van der Waals surface area contributed by atoms with E-state index in [1.165, 1.54) is 7.11 Å². The minimum atomic E-state index is -0.569. The van der Waals surface area contributed by atoms with Gasteiger partial charge in [0.15, 0.2) is 0 Å². The van der Waals surface area contributed by atoms with E-state index in [9.17, 15) is 9.59 Å². The van der Waals surface area contributed by atoms with Crippen LogP contribution in [0, 0.1) is 5.92 Å². The Morgan fingerprint density at radius 3 is 2.89 bits per heavy atom. The average molecular weight is 368 g/mol. The van der Waals surface area contributed by atoms with Crippen molar-refractivity contribution in [2.45, 2.75) is 32.2 Å². The smallest absolute Gasteiger partial charge is 0.411 e. The number of nitrogens with zero attached hydrogens (tertiary/aromatic N) is 1. The lowest BCUT2D eigenvalue weighted by atomic mass is 9.96. The SMILES string of the molecule is COC(=O)Nc1ccc2c(c1)NC(=O)[C@@H](C)CCC[C@H](N)c1cc-2ccn1. The van der Waals surface area contributed by atoms with Crippen LogP contribution < -0.4 is 16.4 Å². The van der Waals surface area contributed by atoms with Crippen molar-refractivity contribution in [3.8, 4) is 11.1 Å². The molecule has 3 rings (SSSR count). The van der Waals surface area contributed by atoms with Crippen LogP contribution in [0.1, 0.15) is 37.9 Å². The molecule has 7 heteroatoms. The van der Waals surface area contributed by atoms with Gasteiger partial charge < -0.3 is 15.8 Å². The summed E-state index contributed by atoms with van der Waals surface area (Å²) in [5.41, 5.74) is 10.0. The second-order valence-electron chi connectivity index (χ2n) is 6.77. The van der Waals surface area contributed by atoms with Gasteiger partial charge in [-0.2, -0.15) is 0 Å². The van der Waals surface area contributed by atoms with Gasteiger partial charge in [0, 0.05) is 29.4 Å². The van der Waals surface area contributed by atoms with Crippen molar-refractivity contribution in [3.63, 3.8) is 0 Å². The Hall–Kier alpha value is -2.93. The molecule has 0 unspecified atom stereocenters. The number of ether oxygens (including phenoxy) is 1. The predicted molar refractivity (Wildman–Crippen MR) is 104 cm³/mol. The molecular formula is C20H24N4O3. The third-order valence-corrected chi connectivity index (χ3v) is 4.78. The Kier molecular flexibility index (Phi) is 5.71. The number of fused-ring (bicyclic) bond motifs is 4. The van der Waals surface area contributed by atoms with Crippen molar-refractivity contribution < 1.29 is 14.3 Å². The van der Waals surface area contributed by atoms with E-state index < -0.39 is 6.09 Å². The van der Waals surface area contributed by atoms with E-state index in [0.29, 0.717) is 11.4 Å². The molecule has 2 atom stereocenters. The van der Waals surface area contributed by atoms with Crippen LogP contribution in [0.15, 0.2) is 36.5 Å². The molecule has 1 aliphatic rings. The number of hydrogen-bond acceptors (Lipinski definition) is 5. The first-order valence-corrected chi connectivity index (χ1v) is 8.99. The Bertz CT molecular complexity index is 853. The molecule has 0 radical (unpaired) electrons. The number of carbonyl (C=O) groups excluding carboxylic acids is 2. The van der Waals surface area contributed by atoms with Gasteiger partial charge in [0.2, 0.25) is 5.91 Å². The van der Waals surface area contributed by atoms with Gasteiger partial charge in [0.05, 0.1) is 18.5 Å². The molecule has 1 aliphatic heterocycles. The molecule has 27 heavy (non-hydrogen) atoms. The number of hydrogen-bond donors (Lipinski definition) is 3. The number of rotatable bonds is 1. The lowest BCUT2D eigenvalue weighted by Gasteiger charge is -2.19. The van der Waals surface area contributed by atoms with E-state index in [-0.39, 0.29) is 17.9 Å². The highest BCUT2D eigenvalue weighted by Gasteiger charge is 2.19. The summed E-state index contributed by atoms with van der Waals surface area (Å²) in [5.74, 6) is -0.206. The van der Waals surface area contributed by atoms with E-state index >= 15 is 0 Å². The average Bonchev–Trinajstić information content (AvgIpc) is 2.67. The number of amides is 2. The summed E-state index contributed by atoms with van der Waals surface area (Å²) in [5, 5.41) is 5.62. The van der Waals surface area contributed by atoms with Crippen molar-refractivity contribution in [2.24, 2.45) is 11.7 Å². The van der Waals surface area contributed by atoms with Crippen LogP contribution in [-0.4, -0.2) is 24.1 Å². The number of nitrogens with one attached hydrogen (secondary N) is 2. The standard InChI is InChI=1S/C20H24N4O3/c1-12-4-3-5-16(21)18-10-13(8-9-22-18)15-7-6-14(23-20(26)27-2)11-17(15)24-19(12)25/h6-12,16H,3-5,21H2,1-2H3,(H,23,26)(H,24,25)/t12-,16-/m0/s1. The molecule has 2 amide bonds. The molecule has 0 fully saturated rings. The van der Waals surface area contributed by atoms with E-state index in [2.05, 4.69) is 20.4 Å². The number of methoxy groups -OCH3 is 1. The molecular weight excluding hydrogens is 344 g/mol. The van der Waals surface area contributed by atoms with Crippen LogP contribution in [0.25, 0.3) is 11.1 Å². The fraction of sp³-hybridized carbons (Fsp3) is 0.350. The predicted octanol–water partition coefficient (Wildman–Crippen LogP) is 3.69. The zero-order chi connectivity index (χ0) is 19.4. The van der Waals surface area contributed by atoms with Crippen molar-refractivity contribution in [1.82, 2.24) is 4.98 Å². The third-order valence-electron chi connectivity index (χ3n) is 4.78. The van der Waals surface area contributed by atoms with Crippen LogP contribution in [0.2, 0.25) is 0 Å². The molecule has 2 bridgehead atoms. The summed E-state index contributed by atoms with van der Waals surface area (Å²) in [6.07, 6.45) is 3.53. The van der Waals surface area contributed by atoms with Crippen LogP contribution in [0.4, 0.5) is 16.2 Å². The number of benzene rings is 1. The van der Waals surface area contributed by atoms with E-state index in [1.54, 1.807) is 18.3 Å². The Morgan fingerprint density at radius 1 is 1.30 bits per heavy atom. The van der Waals surface area contributed by atoms with Gasteiger partial charge in [-0.05, 0) is 42.7 Å². The Morgan fingerprint density at radius 2 is 2.11 bits per heavy atom. The summed E-state index contributed by atoms with van der Waals surface area (Å²) >= 11 is 0. The molecule has 7 nitrogen and oxygen atoms in total. The van der Waals surface area contributed by atoms with Gasteiger partial charge in [-0.3, -0.25) is 15.1 Å². The molecule has 0 spiro atoms. The first kappa shape index (κ1) is 18.8. The second kappa shape index (κ2) is 8.18. The number of nitrogens with two attached hydrogens (primary N) is 1. The fourth-order valence-corrected chi connectivity index (χ4v) is 3.14. The van der Waals surface area contributed by atoms with Crippen LogP contribution in [0.3, 0.4) is 0 Å². The topological polar surface area (TPSA) is 106 Å². The summed E-state index contributed by atoms with van der Waals surface area (Å²) in [4.78, 5) is 28.5. The van der Waals surface area contributed by atoms with E-state index in [4.69, 9.17) is 5.73 Å². The number of pyridine rings is 1. The second-order valence-corrected chi connectivity index (χ2v) is 6.77. The summed E-state index contributed by atoms with van der Waals surface area (Å²) in [7, 11) is 1.30. The van der Waals surface area contributed by atoms with Crippen LogP contribution in [-0.2, 0) is 9.53 Å². The molecule has 4 N–H and O–H groups in total. The van der Waals surface area contributed by atoms with E-state index in [1.807, 2.05) is 25.1 Å². The highest BCUT2D eigenvalue weighted by atomic mass is 16.5. The third kappa shape index (κ3) is 4.43. The highest BCUT2D eigenvalue weighted by Crippen LogP contribution is 2.33. The van der Waals surface area contributed by atoms with Gasteiger partial charge in [0.1, 0.15) is 0 Å². The number of carbonyl (C=O) groups is 2. The van der Waals surface area contributed by atoms with Crippen LogP contribution >= 0.6 is 0 Å². The van der Waals surface area contributed by atoms with Gasteiger partial charge >= 0.3 is 6.09 Å². The zero-order valence-electron chi connectivity index (χ0n) is 15.5. The Labute approximate surface area is 158 Å². The molecule has 2 heterocycles. The number of anilines is 2. The Balaban J connectivity index is 2.07. The first-order chi connectivity index (χ1) is 13.0. The normalized spacial score (nSPS) is 19.7. The zero-order valence-corrected chi connectivity index (χ0v) is 15.5. The van der Waals surface area contributed by atoms with Gasteiger partial charge in [0.25, 0.3) is 0 Å². The van der Waals surface area contributed by atoms with Gasteiger partial charge in [-0.25, -0.2) is 4.79 Å². The molecule has 1 aromatic carbocycles. The van der Waals surface area contributed by atoms with Crippen molar-refractivity contribution in [3.05, 3.63) is 42.2 Å². The molecule has 0 aliphatic carbocycles.